The predicted molar refractivity (Wildman–Crippen MR) is 129 cm³/mol. The van der Waals surface area contributed by atoms with Crippen LogP contribution in [0.2, 0.25) is 0 Å². The summed E-state index contributed by atoms with van der Waals surface area (Å²) in [5.74, 6) is -0.257. The summed E-state index contributed by atoms with van der Waals surface area (Å²) in [6.07, 6.45) is 1.33. The standard InChI is InChI=1S/C26H31N3O5/c1-17(2)34-23(26(31)32)15-18-10-11-22(33-4)20(14-18)12-13-27-25(30)24-28-16-21(29(24)3)19-8-6-5-7-9-19/h5-11,14,16-17,23H,12-13,15H2,1-4H3,(H,27,30)(H,31,32). The number of amides is 1. The lowest BCUT2D eigenvalue weighted by molar-refractivity contribution is -0.153. The number of methoxy groups -OCH3 is 1. The van der Waals surface area contributed by atoms with E-state index in [1.807, 2.05) is 69.4 Å². The van der Waals surface area contributed by atoms with E-state index in [0.717, 1.165) is 22.4 Å². The average Bonchev–Trinajstić information content (AvgIpc) is 3.20. The van der Waals surface area contributed by atoms with Crippen molar-refractivity contribution < 1.29 is 24.2 Å². The minimum atomic E-state index is -0.997. The van der Waals surface area contributed by atoms with Crippen LogP contribution in [0.5, 0.6) is 5.75 Å². The lowest BCUT2D eigenvalue weighted by Gasteiger charge is -2.17. The molecular formula is C26H31N3O5. The van der Waals surface area contributed by atoms with E-state index >= 15 is 0 Å². The molecule has 1 amide bonds. The van der Waals surface area contributed by atoms with Crippen molar-refractivity contribution in [2.24, 2.45) is 7.05 Å². The number of ether oxygens (including phenoxy) is 2. The summed E-state index contributed by atoms with van der Waals surface area (Å²) in [5, 5.41) is 12.4. The molecule has 0 radical (unpaired) electrons. The Kier molecular flexibility index (Phi) is 8.43. The number of carboxylic acid groups (broad SMARTS) is 1. The van der Waals surface area contributed by atoms with Gasteiger partial charge < -0.3 is 24.5 Å². The van der Waals surface area contributed by atoms with Crippen molar-refractivity contribution in [3.8, 4) is 17.0 Å². The normalized spacial score (nSPS) is 11.9. The second-order valence-electron chi connectivity index (χ2n) is 8.26. The van der Waals surface area contributed by atoms with Gasteiger partial charge in [0.15, 0.2) is 11.9 Å². The number of nitrogens with zero attached hydrogens (tertiary/aromatic N) is 2. The van der Waals surface area contributed by atoms with E-state index in [1.165, 1.54) is 0 Å². The Labute approximate surface area is 199 Å². The summed E-state index contributed by atoms with van der Waals surface area (Å²) in [6.45, 7) is 3.99. The molecule has 0 aliphatic heterocycles. The highest BCUT2D eigenvalue weighted by Crippen LogP contribution is 2.22. The summed E-state index contributed by atoms with van der Waals surface area (Å²) in [7, 11) is 3.40. The van der Waals surface area contributed by atoms with Gasteiger partial charge in [-0.15, -0.1) is 0 Å². The number of aliphatic carboxylic acids is 1. The van der Waals surface area contributed by atoms with Crippen molar-refractivity contribution in [3.05, 3.63) is 71.7 Å². The monoisotopic (exact) mass is 465 g/mol. The number of rotatable bonds is 11. The first kappa shape index (κ1) is 25.0. The van der Waals surface area contributed by atoms with E-state index in [1.54, 1.807) is 17.9 Å². The Morgan fingerprint density at radius 3 is 2.53 bits per heavy atom. The second-order valence-corrected chi connectivity index (χ2v) is 8.26. The smallest absolute Gasteiger partial charge is 0.333 e. The van der Waals surface area contributed by atoms with Crippen molar-refractivity contribution in [1.82, 2.24) is 14.9 Å². The molecule has 1 atom stereocenters. The number of carbonyl (C=O) groups is 2. The van der Waals surface area contributed by atoms with Crippen LogP contribution in [-0.4, -0.2) is 52.4 Å². The molecule has 0 aliphatic carbocycles. The van der Waals surface area contributed by atoms with Gasteiger partial charge in [-0.1, -0.05) is 42.5 Å². The van der Waals surface area contributed by atoms with Crippen LogP contribution in [0.25, 0.3) is 11.3 Å². The van der Waals surface area contributed by atoms with Gasteiger partial charge in [-0.3, -0.25) is 4.79 Å². The highest BCUT2D eigenvalue weighted by atomic mass is 16.5. The molecule has 3 aromatic rings. The Balaban J connectivity index is 1.66. The van der Waals surface area contributed by atoms with E-state index in [0.29, 0.717) is 24.5 Å². The molecule has 1 unspecified atom stereocenters. The average molecular weight is 466 g/mol. The maximum Gasteiger partial charge on any atom is 0.333 e. The molecule has 0 bridgehead atoms. The Bertz CT molecular complexity index is 1120. The van der Waals surface area contributed by atoms with Crippen LogP contribution in [-0.2, 0) is 29.4 Å². The first-order valence-electron chi connectivity index (χ1n) is 11.2. The highest BCUT2D eigenvalue weighted by Gasteiger charge is 2.21. The van der Waals surface area contributed by atoms with Crippen molar-refractivity contribution in [3.63, 3.8) is 0 Å². The molecule has 0 saturated carbocycles. The van der Waals surface area contributed by atoms with Crippen LogP contribution in [0.4, 0.5) is 0 Å². The Morgan fingerprint density at radius 1 is 1.15 bits per heavy atom. The topological polar surface area (TPSA) is 103 Å². The van der Waals surface area contributed by atoms with Crippen LogP contribution in [0.3, 0.4) is 0 Å². The molecule has 8 nitrogen and oxygen atoms in total. The van der Waals surface area contributed by atoms with E-state index in [2.05, 4.69) is 10.3 Å². The first-order valence-corrected chi connectivity index (χ1v) is 11.2. The van der Waals surface area contributed by atoms with Crippen molar-refractivity contribution in [2.45, 2.75) is 38.9 Å². The second kappa shape index (κ2) is 11.5. The van der Waals surface area contributed by atoms with Gasteiger partial charge in [0.05, 0.1) is 25.1 Å². The predicted octanol–water partition coefficient (Wildman–Crippen LogP) is 3.49. The maximum absolute atomic E-state index is 12.7. The Morgan fingerprint density at radius 2 is 1.88 bits per heavy atom. The van der Waals surface area contributed by atoms with Gasteiger partial charge in [-0.25, -0.2) is 9.78 Å². The summed E-state index contributed by atoms with van der Waals surface area (Å²) >= 11 is 0. The third-order valence-electron chi connectivity index (χ3n) is 5.42. The third kappa shape index (κ3) is 6.23. The first-order chi connectivity index (χ1) is 16.3. The quantitative estimate of drug-likeness (QED) is 0.449. The molecule has 0 saturated heterocycles. The van der Waals surface area contributed by atoms with E-state index in [9.17, 15) is 14.7 Å². The van der Waals surface area contributed by atoms with E-state index in [-0.39, 0.29) is 18.4 Å². The van der Waals surface area contributed by atoms with Crippen LogP contribution >= 0.6 is 0 Å². The van der Waals surface area contributed by atoms with Crippen molar-refractivity contribution in [2.75, 3.05) is 13.7 Å². The minimum Gasteiger partial charge on any atom is -0.496 e. The molecule has 0 fully saturated rings. The summed E-state index contributed by atoms with van der Waals surface area (Å²) in [6, 6.07) is 15.3. The highest BCUT2D eigenvalue weighted by molar-refractivity contribution is 5.91. The molecule has 34 heavy (non-hydrogen) atoms. The van der Waals surface area contributed by atoms with Crippen LogP contribution < -0.4 is 10.1 Å². The van der Waals surface area contributed by atoms with Gasteiger partial charge in [0, 0.05) is 20.0 Å². The number of benzene rings is 2. The SMILES string of the molecule is COc1ccc(CC(OC(C)C)C(=O)O)cc1CCNC(=O)c1ncc(-c2ccccc2)n1C. The van der Waals surface area contributed by atoms with Gasteiger partial charge in [0.1, 0.15) is 5.75 Å². The Hall–Kier alpha value is -3.65. The van der Waals surface area contributed by atoms with Crippen LogP contribution in [0.1, 0.15) is 35.6 Å². The molecule has 2 N–H and O–H groups in total. The van der Waals surface area contributed by atoms with Gasteiger partial charge in [-0.2, -0.15) is 0 Å². The van der Waals surface area contributed by atoms with E-state index < -0.39 is 12.1 Å². The molecule has 1 aromatic heterocycles. The number of hydrogen-bond acceptors (Lipinski definition) is 5. The zero-order chi connectivity index (χ0) is 24.7. The molecule has 1 heterocycles. The summed E-state index contributed by atoms with van der Waals surface area (Å²) < 4.78 is 12.7. The molecule has 0 aliphatic rings. The lowest BCUT2D eigenvalue weighted by atomic mass is 10.0. The molecule has 3 rings (SSSR count). The third-order valence-corrected chi connectivity index (χ3v) is 5.42. The number of nitrogens with one attached hydrogen (secondary N) is 1. The fourth-order valence-corrected chi connectivity index (χ4v) is 3.78. The molecule has 2 aromatic carbocycles. The van der Waals surface area contributed by atoms with Gasteiger partial charge >= 0.3 is 5.97 Å². The summed E-state index contributed by atoms with van der Waals surface area (Å²) in [5.41, 5.74) is 3.54. The zero-order valence-electron chi connectivity index (χ0n) is 19.9. The van der Waals surface area contributed by atoms with Gasteiger partial charge in [0.2, 0.25) is 0 Å². The summed E-state index contributed by atoms with van der Waals surface area (Å²) in [4.78, 5) is 28.6. The number of carboxylic acids is 1. The molecule has 8 heteroatoms. The number of hydrogen-bond donors (Lipinski definition) is 2. The van der Waals surface area contributed by atoms with Gasteiger partial charge in [-0.05, 0) is 43.0 Å². The molecule has 0 spiro atoms. The number of imidazole rings is 1. The number of aromatic nitrogens is 2. The maximum atomic E-state index is 12.7. The lowest BCUT2D eigenvalue weighted by Crippen LogP contribution is -2.29. The van der Waals surface area contributed by atoms with Crippen molar-refractivity contribution in [1.29, 1.82) is 0 Å². The van der Waals surface area contributed by atoms with E-state index in [4.69, 9.17) is 9.47 Å². The molecular weight excluding hydrogens is 434 g/mol. The van der Waals surface area contributed by atoms with Crippen LogP contribution in [0, 0.1) is 0 Å². The molecule has 180 valence electrons. The zero-order valence-corrected chi connectivity index (χ0v) is 19.9. The minimum absolute atomic E-state index is 0.192. The number of carbonyl (C=O) groups excluding carboxylic acids is 1. The van der Waals surface area contributed by atoms with Gasteiger partial charge in [0.25, 0.3) is 5.91 Å². The van der Waals surface area contributed by atoms with Crippen LogP contribution in [0.15, 0.2) is 54.7 Å². The largest absolute Gasteiger partial charge is 0.496 e. The van der Waals surface area contributed by atoms with Crippen molar-refractivity contribution >= 4 is 11.9 Å². The fraction of sp³-hybridized carbons (Fsp3) is 0.346. The fourth-order valence-electron chi connectivity index (χ4n) is 3.78.